The number of ether oxygens (including phenoxy) is 1. The molecule has 2 aromatic rings. The van der Waals surface area contributed by atoms with E-state index in [0.29, 0.717) is 12.0 Å². The van der Waals surface area contributed by atoms with E-state index in [0.717, 1.165) is 12.3 Å². The number of nitrogens with one attached hydrogen (secondary N) is 1. The quantitative estimate of drug-likeness (QED) is 0.892. The first-order valence-electron chi connectivity index (χ1n) is 7.23. The smallest absolute Gasteiger partial charge is 0.118 e. The van der Waals surface area contributed by atoms with Gasteiger partial charge in [-0.05, 0) is 42.2 Å². The van der Waals surface area contributed by atoms with E-state index in [4.69, 9.17) is 4.74 Å². The van der Waals surface area contributed by atoms with Crippen LogP contribution in [0.15, 0.2) is 48.5 Å². The summed E-state index contributed by atoms with van der Waals surface area (Å²) in [7, 11) is 1.70. The topological polar surface area (TPSA) is 21.3 Å². The maximum absolute atomic E-state index is 5.19. The number of benzene rings is 2. The maximum Gasteiger partial charge on any atom is 0.118 e. The Morgan fingerprint density at radius 1 is 1.15 bits per heavy atom. The van der Waals surface area contributed by atoms with Crippen LogP contribution in [0.5, 0.6) is 5.75 Å². The molecule has 2 aromatic carbocycles. The normalized spacial score (nSPS) is 18.0. The summed E-state index contributed by atoms with van der Waals surface area (Å²) in [4.78, 5) is 0. The van der Waals surface area contributed by atoms with Crippen LogP contribution in [0.25, 0.3) is 0 Å². The summed E-state index contributed by atoms with van der Waals surface area (Å²) < 4.78 is 5.19. The van der Waals surface area contributed by atoms with Crippen molar-refractivity contribution in [2.24, 2.45) is 0 Å². The highest BCUT2D eigenvalue weighted by Crippen LogP contribution is 2.34. The average Bonchev–Trinajstić information content (AvgIpc) is 2.48. The van der Waals surface area contributed by atoms with Crippen LogP contribution in [0.2, 0.25) is 0 Å². The molecule has 0 bridgehead atoms. The van der Waals surface area contributed by atoms with Crippen LogP contribution in [0.1, 0.15) is 35.6 Å². The van der Waals surface area contributed by atoms with Gasteiger partial charge in [-0.25, -0.2) is 0 Å². The molecule has 0 aromatic heterocycles. The molecular formula is C18H21NO. The molecular weight excluding hydrogens is 246 g/mol. The van der Waals surface area contributed by atoms with Gasteiger partial charge < -0.3 is 10.1 Å². The summed E-state index contributed by atoms with van der Waals surface area (Å²) in [5.74, 6) is 1.58. The molecule has 1 N–H and O–H groups in total. The molecule has 0 radical (unpaired) electrons. The fourth-order valence-electron chi connectivity index (χ4n) is 2.87. The molecule has 2 nitrogen and oxygen atoms in total. The van der Waals surface area contributed by atoms with Gasteiger partial charge in [-0.15, -0.1) is 0 Å². The third-order valence-electron chi connectivity index (χ3n) is 4.25. The molecule has 20 heavy (non-hydrogen) atoms. The van der Waals surface area contributed by atoms with Gasteiger partial charge in [0.05, 0.1) is 7.11 Å². The second-order valence-electron chi connectivity index (χ2n) is 5.50. The molecule has 1 aliphatic rings. The summed E-state index contributed by atoms with van der Waals surface area (Å²) in [5, 5.41) is 3.64. The summed E-state index contributed by atoms with van der Waals surface area (Å²) in [5.41, 5.74) is 4.33. The number of fused-ring (bicyclic) bond motifs is 1. The van der Waals surface area contributed by atoms with Crippen molar-refractivity contribution in [3.8, 4) is 5.75 Å². The molecule has 0 spiro atoms. The molecule has 1 unspecified atom stereocenters. The highest BCUT2D eigenvalue weighted by molar-refractivity contribution is 5.40. The van der Waals surface area contributed by atoms with Crippen molar-refractivity contribution < 1.29 is 4.74 Å². The molecule has 0 heterocycles. The Labute approximate surface area is 120 Å². The van der Waals surface area contributed by atoms with Crippen molar-refractivity contribution >= 4 is 0 Å². The summed E-state index contributed by atoms with van der Waals surface area (Å²) >= 11 is 0. The van der Waals surface area contributed by atoms with E-state index in [-0.39, 0.29) is 0 Å². The van der Waals surface area contributed by atoms with E-state index in [1.165, 1.54) is 23.1 Å². The monoisotopic (exact) mass is 267 g/mol. The van der Waals surface area contributed by atoms with Crippen LogP contribution >= 0.6 is 0 Å². The molecule has 0 amide bonds. The summed E-state index contributed by atoms with van der Waals surface area (Å²) in [6.07, 6.45) is 1.21. The average molecular weight is 267 g/mol. The second-order valence-corrected chi connectivity index (χ2v) is 5.50. The lowest BCUT2D eigenvalue weighted by Crippen LogP contribution is -2.30. The molecule has 2 atom stereocenters. The van der Waals surface area contributed by atoms with Gasteiger partial charge in [0.1, 0.15) is 5.75 Å². The molecule has 2 heteroatoms. The Morgan fingerprint density at radius 3 is 2.60 bits per heavy atom. The zero-order valence-electron chi connectivity index (χ0n) is 12.1. The largest absolute Gasteiger partial charge is 0.497 e. The zero-order valence-corrected chi connectivity index (χ0v) is 12.1. The Morgan fingerprint density at radius 2 is 1.90 bits per heavy atom. The van der Waals surface area contributed by atoms with Gasteiger partial charge in [0.15, 0.2) is 0 Å². The van der Waals surface area contributed by atoms with E-state index < -0.39 is 0 Å². The lowest BCUT2D eigenvalue weighted by Gasteiger charge is -2.31. The van der Waals surface area contributed by atoms with Crippen molar-refractivity contribution in [2.45, 2.75) is 25.3 Å². The standard InChI is InChI=1S/C18H21NO/c1-13(14-7-9-17(20-2)10-8-14)19-12-16-11-15-5-3-4-6-18(15)16/h3-10,13,16,19H,11-12H2,1-2H3/t13-,16?/m0/s1. The summed E-state index contributed by atoms with van der Waals surface area (Å²) in [6.45, 7) is 3.26. The highest BCUT2D eigenvalue weighted by atomic mass is 16.5. The minimum Gasteiger partial charge on any atom is -0.497 e. The van der Waals surface area contributed by atoms with E-state index in [9.17, 15) is 0 Å². The third kappa shape index (κ3) is 2.56. The van der Waals surface area contributed by atoms with Crippen molar-refractivity contribution in [1.82, 2.24) is 5.32 Å². The van der Waals surface area contributed by atoms with Crippen molar-refractivity contribution in [2.75, 3.05) is 13.7 Å². The fraction of sp³-hybridized carbons (Fsp3) is 0.333. The van der Waals surface area contributed by atoms with E-state index in [1.54, 1.807) is 7.11 Å². The number of hydrogen-bond donors (Lipinski definition) is 1. The first-order chi connectivity index (χ1) is 9.78. The predicted molar refractivity (Wildman–Crippen MR) is 82.3 cm³/mol. The lowest BCUT2D eigenvalue weighted by molar-refractivity contribution is 0.414. The van der Waals surface area contributed by atoms with Gasteiger partial charge in [-0.2, -0.15) is 0 Å². The minimum atomic E-state index is 0.369. The second kappa shape index (κ2) is 5.68. The Kier molecular flexibility index (Phi) is 3.75. The van der Waals surface area contributed by atoms with E-state index in [2.05, 4.69) is 48.6 Å². The fourth-order valence-corrected chi connectivity index (χ4v) is 2.87. The molecule has 3 rings (SSSR count). The van der Waals surface area contributed by atoms with Crippen LogP contribution in [0.3, 0.4) is 0 Å². The van der Waals surface area contributed by atoms with E-state index >= 15 is 0 Å². The van der Waals surface area contributed by atoms with Crippen molar-refractivity contribution in [3.05, 3.63) is 65.2 Å². The summed E-state index contributed by atoms with van der Waals surface area (Å²) in [6, 6.07) is 17.4. The highest BCUT2D eigenvalue weighted by Gasteiger charge is 2.25. The SMILES string of the molecule is COc1ccc([C@H](C)NCC2Cc3ccccc32)cc1. The Balaban J connectivity index is 1.56. The third-order valence-corrected chi connectivity index (χ3v) is 4.25. The molecule has 0 fully saturated rings. The maximum atomic E-state index is 5.19. The Hall–Kier alpha value is -1.80. The minimum absolute atomic E-state index is 0.369. The number of methoxy groups -OCH3 is 1. The Bertz CT molecular complexity index is 576. The molecule has 0 saturated carbocycles. The molecule has 0 aliphatic heterocycles. The van der Waals surface area contributed by atoms with Crippen LogP contribution in [0.4, 0.5) is 0 Å². The lowest BCUT2D eigenvalue weighted by atomic mass is 9.77. The molecule has 104 valence electrons. The number of rotatable bonds is 5. The van der Waals surface area contributed by atoms with Crippen LogP contribution < -0.4 is 10.1 Å². The first-order valence-corrected chi connectivity index (χ1v) is 7.23. The van der Waals surface area contributed by atoms with Crippen molar-refractivity contribution in [1.29, 1.82) is 0 Å². The van der Waals surface area contributed by atoms with E-state index in [1.807, 2.05) is 12.1 Å². The van der Waals surface area contributed by atoms with Gasteiger partial charge in [-0.3, -0.25) is 0 Å². The van der Waals surface area contributed by atoms with Crippen LogP contribution in [-0.2, 0) is 6.42 Å². The zero-order chi connectivity index (χ0) is 13.9. The van der Waals surface area contributed by atoms with Crippen molar-refractivity contribution in [3.63, 3.8) is 0 Å². The van der Waals surface area contributed by atoms with Gasteiger partial charge in [0.25, 0.3) is 0 Å². The van der Waals surface area contributed by atoms with Gasteiger partial charge in [-0.1, -0.05) is 36.4 Å². The molecule has 0 saturated heterocycles. The predicted octanol–water partition coefficient (Wildman–Crippen LogP) is 3.69. The number of hydrogen-bond acceptors (Lipinski definition) is 2. The van der Waals surface area contributed by atoms with Gasteiger partial charge in [0.2, 0.25) is 0 Å². The van der Waals surface area contributed by atoms with Gasteiger partial charge in [0, 0.05) is 18.5 Å². The first kappa shape index (κ1) is 13.2. The molecule has 1 aliphatic carbocycles. The van der Waals surface area contributed by atoms with Crippen LogP contribution in [-0.4, -0.2) is 13.7 Å². The van der Waals surface area contributed by atoms with Gasteiger partial charge >= 0.3 is 0 Å². The van der Waals surface area contributed by atoms with Crippen LogP contribution in [0, 0.1) is 0 Å².